The maximum atomic E-state index is 5.84. The molecule has 0 atom stereocenters. The van der Waals surface area contributed by atoms with Crippen molar-refractivity contribution >= 4 is 22.9 Å². The summed E-state index contributed by atoms with van der Waals surface area (Å²) in [6, 6.07) is 7.90. The van der Waals surface area contributed by atoms with Crippen molar-refractivity contribution < 1.29 is 4.74 Å². The van der Waals surface area contributed by atoms with Crippen LogP contribution in [0, 0.1) is 6.92 Å². The minimum atomic E-state index is 0.521. The normalized spacial score (nSPS) is 10.4. The van der Waals surface area contributed by atoms with Crippen LogP contribution in [0.4, 0.5) is 0 Å². The third-order valence-corrected chi connectivity index (χ3v) is 3.96. The fourth-order valence-electron chi connectivity index (χ4n) is 1.43. The standard InChI is InChI=1S/C12H12ClNOS/c1-8-11(7-13)16-12(14-8)9-4-3-5-10(6-9)15-2/h3-6H,7H2,1-2H3. The first-order valence-electron chi connectivity index (χ1n) is 4.91. The predicted molar refractivity (Wildman–Crippen MR) is 68.4 cm³/mol. The summed E-state index contributed by atoms with van der Waals surface area (Å²) in [5.41, 5.74) is 2.08. The molecular formula is C12H12ClNOS. The van der Waals surface area contributed by atoms with Crippen LogP contribution in [0.5, 0.6) is 5.75 Å². The highest BCUT2D eigenvalue weighted by atomic mass is 35.5. The lowest BCUT2D eigenvalue weighted by atomic mass is 10.2. The number of hydrogen-bond donors (Lipinski definition) is 0. The van der Waals surface area contributed by atoms with Crippen molar-refractivity contribution in [3.8, 4) is 16.3 Å². The van der Waals surface area contributed by atoms with Gasteiger partial charge in [0.15, 0.2) is 0 Å². The molecule has 84 valence electrons. The fraction of sp³-hybridized carbons (Fsp3) is 0.250. The number of alkyl halides is 1. The third kappa shape index (κ3) is 2.20. The molecule has 0 aliphatic rings. The molecule has 0 saturated heterocycles. The van der Waals surface area contributed by atoms with E-state index < -0.39 is 0 Å². The second-order valence-electron chi connectivity index (χ2n) is 3.39. The lowest BCUT2D eigenvalue weighted by molar-refractivity contribution is 0.415. The molecule has 0 aliphatic heterocycles. The van der Waals surface area contributed by atoms with Crippen molar-refractivity contribution in [2.75, 3.05) is 7.11 Å². The second-order valence-corrected chi connectivity index (χ2v) is 4.74. The number of aromatic nitrogens is 1. The van der Waals surface area contributed by atoms with Crippen LogP contribution in [0.1, 0.15) is 10.6 Å². The van der Waals surface area contributed by atoms with Crippen LogP contribution in [0.3, 0.4) is 0 Å². The number of halogens is 1. The number of aryl methyl sites for hydroxylation is 1. The van der Waals surface area contributed by atoms with Gasteiger partial charge in [-0.3, -0.25) is 0 Å². The molecule has 0 spiro atoms. The lowest BCUT2D eigenvalue weighted by Crippen LogP contribution is -1.83. The summed E-state index contributed by atoms with van der Waals surface area (Å²) in [6.45, 7) is 1.98. The molecule has 1 aromatic heterocycles. The molecule has 1 aromatic carbocycles. The van der Waals surface area contributed by atoms with E-state index in [4.69, 9.17) is 16.3 Å². The smallest absolute Gasteiger partial charge is 0.124 e. The first-order chi connectivity index (χ1) is 7.74. The van der Waals surface area contributed by atoms with Crippen molar-refractivity contribution in [2.24, 2.45) is 0 Å². The maximum absolute atomic E-state index is 5.84. The topological polar surface area (TPSA) is 22.1 Å². The van der Waals surface area contributed by atoms with Gasteiger partial charge in [0.2, 0.25) is 0 Å². The van der Waals surface area contributed by atoms with Crippen LogP contribution in [-0.4, -0.2) is 12.1 Å². The van der Waals surface area contributed by atoms with Crippen molar-refractivity contribution in [1.82, 2.24) is 4.98 Å². The van der Waals surface area contributed by atoms with Gasteiger partial charge in [0.1, 0.15) is 10.8 Å². The molecule has 0 N–H and O–H groups in total. The van der Waals surface area contributed by atoms with Gasteiger partial charge >= 0.3 is 0 Å². The molecule has 0 saturated carbocycles. The zero-order valence-corrected chi connectivity index (χ0v) is 10.7. The van der Waals surface area contributed by atoms with Crippen LogP contribution >= 0.6 is 22.9 Å². The number of benzene rings is 1. The highest BCUT2D eigenvalue weighted by Crippen LogP contribution is 2.30. The van der Waals surface area contributed by atoms with E-state index in [1.165, 1.54) is 0 Å². The van der Waals surface area contributed by atoms with E-state index in [1.807, 2.05) is 31.2 Å². The second kappa shape index (κ2) is 4.85. The van der Waals surface area contributed by atoms with Crippen molar-refractivity contribution in [3.63, 3.8) is 0 Å². The van der Waals surface area contributed by atoms with Gasteiger partial charge in [-0.15, -0.1) is 22.9 Å². The van der Waals surface area contributed by atoms with Gasteiger partial charge < -0.3 is 4.74 Å². The van der Waals surface area contributed by atoms with E-state index in [0.717, 1.165) is 26.9 Å². The Labute approximate surface area is 104 Å². The molecule has 0 amide bonds. The fourth-order valence-corrected chi connectivity index (χ4v) is 2.70. The minimum absolute atomic E-state index is 0.521. The lowest BCUT2D eigenvalue weighted by Gasteiger charge is -2.00. The molecule has 0 radical (unpaired) electrons. The highest BCUT2D eigenvalue weighted by Gasteiger charge is 2.08. The Bertz CT molecular complexity index is 496. The van der Waals surface area contributed by atoms with Gasteiger partial charge in [0.25, 0.3) is 0 Å². The summed E-state index contributed by atoms with van der Waals surface area (Å²) in [5.74, 6) is 1.37. The average molecular weight is 254 g/mol. The average Bonchev–Trinajstić information content (AvgIpc) is 2.71. The van der Waals surface area contributed by atoms with Crippen LogP contribution < -0.4 is 4.74 Å². The van der Waals surface area contributed by atoms with E-state index in [2.05, 4.69) is 4.98 Å². The zero-order valence-electron chi connectivity index (χ0n) is 9.16. The molecule has 2 nitrogen and oxygen atoms in total. The molecule has 2 aromatic rings. The highest BCUT2D eigenvalue weighted by molar-refractivity contribution is 7.15. The number of ether oxygens (including phenoxy) is 1. The van der Waals surface area contributed by atoms with E-state index in [1.54, 1.807) is 18.4 Å². The van der Waals surface area contributed by atoms with E-state index >= 15 is 0 Å². The molecule has 0 bridgehead atoms. The minimum Gasteiger partial charge on any atom is -0.497 e. The van der Waals surface area contributed by atoms with Gasteiger partial charge in [-0.05, 0) is 19.1 Å². The molecule has 0 unspecified atom stereocenters. The Hall–Kier alpha value is -1.06. The monoisotopic (exact) mass is 253 g/mol. The first kappa shape index (κ1) is 11.4. The maximum Gasteiger partial charge on any atom is 0.124 e. The molecule has 1 heterocycles. The third-order valence-electron chi connectivity index (χ3n) is 2.33. The molecule has 2 rings (SSSR count). The van der Waals surface area contributed by atoms with Gasteiger partial charge in [-0.2, -0.15) is 0 Å². The van der Waals surface area contributed by atoms with Crippen molar-refractivity contribution in [3.05, 3.63) is 34.8 Å². The summed E-state index contributed by atoms with van der Waals surface area (Å²) in [5, 5.41) is 0.993. The quantitative estimate of drug-likeness (QED) is 0.775. The number of methoxy groups -OCH3 is 1. The van der Waals surface area contributed by atoms with E-state index in [0.29, 0.717) is 5.88 Å². The summed E-state index contributed by atoms with van der Waals surface area (Å²) in [6.07, 6.45) is 0. The Morgan fingerprint density at radius 3 is 2.88 bits per heavy atom. The van der Waals surface area contributed by atoms with Gasteiger partial charge in [-0.1, -0.05) is 12.1 Å². The molecule has 4 heteroatoms. The van der Waals surface area contributed by atoms with Crippen LogP contribution in [0.2, 0.25) is 0 Å². The Balaban J connectivity index is 2.41. The van der Waals surface area contributed by atoms with E-state index in [9.17, 15) is 0 Å². The SMILES string of the molecule is COc1cccc(-c2nc(C)c(CCl)s2)c1. The Morgan fingerprint density at radius 2 is 2.25 bits per heavy atom. The number of hydrogen-bond acceptors (Lipinski definition) is 3. The summed E-state index contributed by atoms with van der Waals surface area (Å²) < 4.78 is 5.19. The number of nitrogens with zero attached hydrogens (tertiary/aromatic N) is 1. The molecular weight excluding hydrogens is 242 g/mol. The van der Waals surface area contributed by atoms with Gasteiger partial charge in [0, 0.05) is 10.4 Å². The largest absolute Gasteiger partial charge is 0.497 e. The number of rotatable bonds is 3. The summed E-state index contributed by atoms with van der Waals surface area (Å²) >= 11 is 7.47. The van der Waals surface area contributed by atoms with Crippen molar-refractivity contribution in [1.29, 1.82) is 0 Å². The van der Waals surface area contributed by atoms with Crippen LogP contribution in [0.15, 0.2) is 24.3 Å². The zero-order chi connectivity index (χ0) is 11.5. The molecule has 0 aliphatic carbocycles. The predicted octanol–water partition coefficient (Wildman–Crippen LogP) is 3.87. The Kier molecular flexibility index (Phi) is 3.46. The van der Waals surface area contributed by atoms with Crippen LogP contribution in [-0.2, 0) is 5.88 Å². The molecule has 16 heavy (non-hydrogen) atoms. The first-order valence-corrected chi connectivity index (χ1v) is 6.26. The van der Waals surface area contributed by atoms with E-state index in [-0.39, 0.29) is 0 Å². The molecule has 0 fully saturated rings. The van der Waals surface area contributed by atoms with Crippen molar-refractivity contribution in [2.45, 2.75) is 12.8 Å². The number of thiazole rings is 1. The van der Waals surface area contributed by atoms with Gasteiger partial charge in [0.05, 0.1) is 18.7 Å². The van der Waals surface area contributed by atoms with Crippen LogP contribution in [0.25, 0.3) is 10.6 Å². The summed E-state index contributed by atoms with van der Waals surface area (Å²) in [7, 11) is 1.66. The summed E-state index contributed by atoms with van der Waals surface area (Å²) in [4.78, 5) is 5.63. The Morgan fingerprint density at radius 1 is 1.44 bits per heavy atom. The van der Waals surface area contributed by atoms with Gasteiger partial charge in [-0.25, -0.2) is 4.98 Å².